The molecule has 0 saturated carbocycles. The average Bonchev–Trinajstić information content (AvgIpc) is 3.28. The van der Waals surface area contributed by atoms with E-state index in [4.69, 9.17) is 0 Å². The van der Waals surface area contributed by atoms with E-state index in [2.05, 4.69) is 35.1 Å². The first-order valence-electron chi connectivity index (χ1n) is 9.77. The number of halogens is 1. The van der Waals surface area contributed by atoms with E-state index >= 15 is 0 Å². The topological polar surface area (TPSA) is 100 Å². The van der Waals surface area contributed by atoms with Crippen LogP contribution in [0.5, 0.6) is 0 Å². The highest BCUT2D eigenvalue weighted by molar-refractivity contribution is 6.05. The van der Waals surface area contributed by atoms with Gasteiger partial charge in [-0.3, -0.25) is 4.79 Å². The molecule has 0 radical (unpaired) electrons. The second kappa shape index (κ2) is 7.98. The first kappa shape index (κ1) is 18.9. The molecule has 156 valence electrons. The fourth-order valence-corrected chi connectivity index (χ4v) is 3.57. The van der Waals surface area contributed by atoms with E-state index in [1.165, 1.54) is 6.07 Å². The number of rotatable bonds is 4. The van der Waals surface area contributed by atoms with Gasteiger partial charge in [0.05, 0.1) is 5.69 Å². The minimum absolute atomic E-state index is 0.367. The van der Waals surface area contributed by atoms with Gasteiger partial charge in [-0.05, 0) is 52.8 Å². The molecule has 4 aromatic rings. The fourth-order valence-electron chi connectivity index (χ4n) is 3.57. The summed E-state index contributed by atoms with van der Waals surface area (Å²) < 4.78 is 19.5. The SMILES string of the molecule is O=C(Nc1ccc(N2CCN(c3ncccn3)CC2)c(F)c1)c1ccc2nonc2c1. The summed E-state index contributed by atoms with van der Waals surface area (Å²) in [6, 6.07) is 11.3. The van der Waals surface area contributed by atoms with Gasteiger partial charge in [0.1, 0.15) is 16.9 Å². The summed E-state index contributed by atoms with van der Waals surface area (Å²) in [4.78, 5) is 25.1. The zero-order chi connectivity index (χ0) is 21.2. The summed E-state index contributed by atoms with van der Waals surface area (Å²) in [6.07, 6.45) is 3.42. The summed E-state index contributed by atoms with van der Waals surface area (Å²) in [7, 11) is 0. The van der Waals surface area contributed by atoms with E-state index < -0.39 is 5.82 Å². The smallest absolute Gasteiger partial charge is 0.255 e. The minimum atomic E-state index is -0.390. The number of carbonyl (C=O) groups excluding carboxylic acids is 1. The Morgan fingerprint density at radius 1 is 0.935 bits per heavy atom. The first-order valence-corrected chi connectivity index (χ1v) is 9.77. The molecule has 10 heteroatoms. The van der Waals surface area contributed by atoms with Gasteiger partial charge in [0.2, 0.25) is 5.95 Å². The van der Waals surface area contributed by atoms with E-state index in [9.17, 15) is 9.18 Å². The Labute approximate surface area is 176 Å². The van der Waals surface area contributed by atoms with Crippen LogP contribution in [0, 0.1) is 5.82 Å². The molecule has 3 heterocycles. The second-order valence-electron chi connectivity index (χ2n) is 7.11. The van der Waals surface area contributed by atoms with Gasteiger partial charge in [0.15, 0.2) is 0 Å². The van der Waals surface area contributed by atoms with Crippen LogP contribution in [0.4, 0.5) is 21.7 Å². The molecule has 0 bridgehead atoms. The lowest BCUT2D eigenvalue weighted by molar-refractivity contribution is 0.102. The summed E-state index contributed by atoms with van der Waals surface area (Å²) in [5.74, 6) is -0.0767. The van der Waals surface area contributed by atoms with Crippen LogP contribution in [0.1, 0.15) is 10.4 Å². The molecule has 2 aromatic carbocycles. The van der Waals surface area contributed by atoms with Crippen molar-refractivity contribution in [3.8, 4) is 0 Å². The molecule has 1 aliphatic rings. The minimum Gasteiger partial charge on any atom is -0.366 e. The highest BCUT2D eigenvalue weighted by Crippen LogP contribution is 2.25. The van der Waals surface area contributed by atoms with E-state index in [0.717, 1.165) is 0 Å². The predicted molar refractivity (Wildman–Crippen MR) is 113 cm³/mol. The van der Waals surface area contributed by atoms with Gasteiger partial charge < -0.3 is 15.1 Å². The molecule has 2 aromatic heterocycles. The molecular weight excluding hydrogens is 401 g/mol. The molecule has 1 fully saturated rings. The van der Waals surface area contributed by atoms with Crippen LogP contribution in [0.15, 0.2) is 59.5 Å². The van der Waals surface area contributed by atoms with E-state index in [0.29, 0.717) is 60.1 Å². The second-order valence-corrected chi connectivity index (χ2v) is 7.11. The van der Waals surface area contributed by atoms with Crippen molar-refractivity contribution in [3.05, 3.63) is 66.2 Å². The van der Waals surface area contributed by atoms with E-state index in [-0.39, 0.29) is 5.91 Å². The molecule has 1 N–H and O–H groups in total. The molecule has 5 rings (SSSR count). The third kappa shape index (κ3) is 3.87. The fraction of sp³-hybridized carbons (Fsp3) is 0.190. The van der Waals surface area contributed by atoms with Gasteiger partial charge in [-0.15, -0.1) is 0 Å². The number of aromatic nitrogens is 4. The molecule has 0 unspecified atom stereocenters. The van der Waals surface area contributed by atoms with Crippen molar-refractivity contribution >= 4 is 34.3 Å². The first-order chi connectivity index (χ1) is 15.2. The molecule has 9 nitrogen and oxygen atoms in total. The summed E-state index contributed by atoms with van der Waals surface area (Å²) in [5.41, 5.74) is 2.30. The van der Waals surface area contributed by atoms with Gasteiger partial charge in [-0.25, -0.2) is 19.0 Å². The molecule has 0 aliphatic carbocycles. The number of amides is 1. The largest absolute Gasteiger partial charge is 0.366 e. The standard InChI is InChI=1S/C21H18FN7O2/c22-16-13-15(25-20(30)14-2-4-17-18(12-14)27-31-26-17)3-5-19(16)28-8-10-29(11-9-28)21-23-6-1-7-24-21/h1-7,12-13H,8-11H2,(H,25,30). The van der Waals surface area contributed by atoms with Crippen LogP contribution in [0.25, 0.3) is 11.0 Å². The zero-order valence-electron chi connectivity index (χ0n) is 16.4. The Balaban J connectivity index is 1.25. The number of fused-ring (bicyclic) bond motifs is 1. The van der Waals surface area contributed by atoms with Gasteiger partial charge in [0, 0.05) is 49.8 Å². The maximum absolute atomic E-state index is 14.8. The van der Waals surface area contributed by atoms with Crippen molar-refractivity contribution in [1.29, 1.82) is 0 Å². The number of piperazine rings is 1. The number of hydrogen-bond acceptors (Lipinski definition) is 8. The quantitative estimate of drug-likeness (QED) is 0.539. The van der Waals surface area contributed by atoms with Crippen LogP contribution < -0.4 is 15.1 Å². The van der Waals surface area contributed by atoms with Crippen LogP contribution in [0.2, 0.25) is 0 Å². The number of benzene rings is 2. The summed E-state index contributed by atoms with van der Waals surface area (Å²) in [6.45, 7) is 2.68. The zero-order valence-corrected chi connectivity index (χ0v) is 16.4. The summed E-state index contributed by atoms with van der Waals surface area (Å²) >= 11 is 0. The molecular formula is C21H18FN7O2. The lowest BCUT2D eigenvalue weighted by Crippen LogP contribution is -2.47. The molecule has 0 atom stereocenters. The van der Waals surface area contributed by atoms with Crippen molar-refractivity contribution in [2.24, 2.45) is 0 Å². The maximum Gasteiger partial charge on any atom is 0.255 e. The number of anilines is 3. The Kier molecular flexibility index (Phi) is 4.87. The van der Waals surface area contributed by atoms with Crippen molar-refractivity contribution < 1.29 is 13.8 Å². The van der Waals surface area contributed by atoms with Gasteiger partial charge >= 0.3 is 0 Å². The van der Waals surface area contributed by atoms with Crippen LogP contribution in [-0.4, -0.2) is 52.4 Å². The molecule has 0 spiro atoms. The molecule has 1 aliphatic heterocycles. The summed E-state index contributed by atoms with van der Waals surface area (Å²) in [5, 5.41) is 10.2. The van der Waals surface area contributed by atoms with Crippen LogP contribution in [-0.2, 0) is 0 Å². The number of nitrogens with one attached hydrogen (secondary N) is 1. The number of carbonyl (C=O) groups is 1. The van der Waals surface area contributed by atoms with Gasteiger partial charge in [0.25, 0.3) is 5.91 Å². The van der Waals surface area contributed by atoms with Crippen molar-refractivity contribution in [1.82, 2.24) is 20.3 Å². The van der Waals surface area contributed by atoms with Crippen molar-refractivity contribution in [2.75, 3.05) is 41.3 Å². The maximum atomic E-state index is 14.8. The Morgan fingerprint density at radius 2 is 1.68 bits per heavy atom. The van der Waals surface area contributed by atoms with Crippen molar-refractivity contribution in [2.45, 2.75) is 0 Å². The third-order valence-electron chi connectivity index (χ3n) is 5.18. The Bertz CT molecular complexity index is 1220. The Hall–Kier alpha value is -4.08. The normalized spacial score (nSPS) is 14.1. The molecule has 1 amide bonds. The molecule has 31 heavy (non-hydrogen) atoms. The average molecular weight is 419 g/mol. The van der Waals surface area contributed by atoms with E-state index in [1.54, 1.807) is 48.8 Å². The van der Waals surface area contributed by atoms with E-state index in [1.807, 2.05) is 4.90 Å². The Morgan fingerprint density at radius 3 is 2.45 bits per heavy atom. The highest BCUT2D eigenvalue weighted by atomic mass is 19.1. The lowest BCUT2D eigenvalue weighted by atomic mass is 10.1. The number of nitrogens with zero attached hydrogens (tertiary/aromatic N) is 6. The molecule has 1 saturated heterocycles. The van der Waals surface area contributed by atoms with Crippen LogP contribution >= 0.6 is 0 Å². The van der Waals surface area contributed by atoms with Gasteiger partial charge in [-0.2, -0.15) is 0 Å². The lowest BCUT2D eigenvalue weighted by Gasteiger charge is -2.36. The number of hydrogen-bond donors (Lipinski definition) is 1. The highest BCUT2D eigenvalue weighted by Gasteiger charge is 2.21. The van der Waals surface area contributed by atoms with Gasteiger partial charge in [-0.1, -0.05) is 0 Å². The third-order valence-corrected chi connectivity index (χ3v) is 5.18. The predicted octanol–water partition coefficient (Wildman–Crippen LogP) is 2.73. The van der Waals surface area contributed by atoms with Crippen molar-refractivity contribution in [3.63, 3.8) is 0 Å². The van der Waals surface area contributed by atoms with Crippen LogP contribution in [0.3, 0.4) is 0 Å². The monoisotopic (exact) mass is 419 g/mol.